The van der Waals surface area contributed by atoms with Crippen molar-refractivity contribution < 1.29 is 9.47 Å². The summed E-state index contributed by atoms with van der Waals surface area (Å²) in [5, 5.41) is 0.690. The van der Waals surface area contributed by atoms with E-state index in [1.165, 1.54) is 0 Å². The summed E-state index contributed by atoms with van der Waals surface area (Å²) in [4.78, 5) is 0. The first-order valence-electron chi connectivity index (χ1n) is 6.16. The molecule has 1 aliphatic rings. The Bertz CT molecular complexity index is 613. The molecular formula is C15H14ClNO2. The third kappa shape index (κ3) is 2.39. The van der Waals surface area contributed by atoms with Crippen LogP contribution in [0.3, 0.4) is 0 Å². The first kappa shape index (κ1) is 12.3. The molecule has 0 saturated heterocycles. The third-order valence-electron chi connectivity index (χ3n) is 3.15. The van der Waals surface area contributed by atoms with Crippen molar-refractivity contribution in [1.82, 2.24) is 0 Å². The van der Waals surface area contributed by atoms with Crippen LogP contribution in [0.5, 0.6) is 11.5 Å². The minimum atomic E-state index is 0.445. The molecule has 0 aromatic heterocycles. The molecule has 3 rings (SSSR count). The highest BCUT2D eigenvalue weighted by atomic mass is 35.5. The molecule has 0 spiro atoms. The van der Waals surface area contributed by atoms with E-state index in [1.54, 1.807) is 0 Å². The van der Waals surface area contributed by atoms with Crippen LogP contribution in [0.1, 0.15) is 5.56 Å². The average Bonchev–Trinajstić information content (AvgIpc) is 2.46. The SMILES string of the molecule is NCc1ccc(-c2ccc3c(c2)OCCO3)cc1Cl. The number of hydrogen-bond acceptors (Lipinski definition) is 3. The molecule has 1 aliphatic heterocycles. The Morgan fingerprint density at radius 1 is 0.947 bits per heavy atom. The highest BCUT2D eigenvalue weighted by molar-refractivity contribution is 6.31. The second-order valence-electron chi connectivity index (χ2n) is 4.37. The fraction of sp³-hybridized carbons (Fsp3) is 0.200. The van der Waals surface area contributed by atoms with E-state index in [1.807, 2.05) is 36.4 Å². The molecule has 19 heavy (non-hydrogen) atoms. The highest BCUT2D eigenvalue weighted by Crippen LogP contribution is 2.35. The summed E-state index contributed by atoms with van der Waals surface area (Å²) >= 11 is 6.19. The molecule has 0 atom stereocenters. The molecule has 4 heteroatoms. The molecule has 98 valence electrons. The zero-order valence-electron chi connectivity index (χ0n) is 10.4. The molecule has 2 aromatic carbocycles. The third-order valence-corrected chi connectivity index (χ3v) is 3.50. The van der Waals surface area contributed by atoms with Gasteiger partial charge in [-0.1, -0.05) is 29.8 Å². The summed E-state index contributed by atoms with van der Waals surface area (Å²) < 4.78 is 11.1. The number of ether oxygens (including phenoxy) is 2. The zero-order chi connectivity index (χ0) is 13.2. The van der Waals surface area contributed by atoms with Crippen LogP contribution in [0.4, 0.5) is 0 Å². The number of benzene rings is 2. The molecule has 3 nitrogen and oxygen atoms in total. The van der Waals surface area contributed by atoms with Crippen LogP contribution in [0.2, 0.25) is 5.02 Å². The zero-order valence-corrected chi connectivity index (χ0v) is 11.1. The van der Waals surface area contributed by atoms with Crippen LogP contribution in [-0.4, -0.2) is 13.2 Å². The number of fused-ring (bicyclic) bond motifs is 1. The lowest BCUT2D eigenvalue weighted by Crippen LogP contribution is -2.15. The van der Waals surface area contributed by atoms with Crippen LogP contribution in [0.15, 0.2) is 36.4 Å². The van der Waals surface area contributed by atoms with Crippen molar-refractivity contribution >= 4 is 11.6 Å². The van der Waals surface area contributed by atoms with Crippen LogP contribution in [0, 0.1) is 0 Å². The second-order valence-corrected chi connectivity index (χ2v) is 4.78. The van der Waals surface area contributed by atoms with Crippen LogP contribution in [-0.2, 0) is 6.54 Å². The summed E-state index contributed by atoms with van der Waals surface area (Å²) in [5.41, 5.74) is 8.65. The molecule has 0 aliphatic carbocycles. The highest BCUT2D eigenvalue weighted by Gasteiger charge is 2.12. The van der Waals surface area contributed by atoms with E-state index in [-0.39, 0.29) is 0 Å². The lowest BCUT2D eigenvalue weighted by atomic mass is 10.0. The molecule has 0 fully saturated rings. The van der Waals surface area contributed by atoms with Gasteiger partial charge in [-0.2, -0.15) is 0 Å². The minimum absolute atomic E-state index is 0.445. The van der Waals surface area contributed by atoms with Gasteiger partial charge in [0.1, 0.15) is 13.2 Å². The summed E-state index contributed by atoms with van der Waals surface area (Å²) in [5.74, 6) is 1.57. The van der Waals surface area contributed by atoms with Crippen LogP contribution >= 0.6 is 11.6 Å². The predicted molar refractivity (Wildman–Crippen MR) is 75.8 cm³/mol. The van der Waals surface area contributed by atoms with Crippen molar-refractivity contribution in [2.24, 2.45) is 5.73 Å². The van der Waals surface area contributed by atoms with E-state index < -0.39 is 0 Å². The Balaban J connectivity index is 2.00. The minimum Gasteiger partial charge on any atom is -0.486 e. The van der Waals surface area contributed by atoms with Crippen LogP contribution in [0.25, 0.3) is 11.1 Å². The van der Waals surface area contributed by atoms with Gasteiger partial charge >= 0.3 is 0 Å². The predicted octanol–water partition coefficient (Wildman–Crippen LogP) is 3.24. The first-order valence-corrected chi connectivity index (χ1v) is 6.54. The van der Waals surface area contributed by atoms with Gasteiger partial charge in [-0.15, -0.1) is 0 Å². The standard InChI is InChI=1S/C15H14ClNO2/c16-13-7-10(1-2-12(13)9-17)11-3-4-14-15(8-11)19-6-5-18-14/h1-4,7-8H,5-6,9,17H2. The summed E-state index contributed by atoms with van der Waals surface area (Å²) in [6.07, 6.45) is 0. The maximum Gasteiger partial charge on any atom is 0.161 e. The topological polar surface area (TPSA) is 44.5 Å². The van der Waals surface area contributed by atoms with E-state index in [4.69, 9.17) is 26.8 Å². The maximum atomic E-state index is 6.19. The number of halogens is 1. The fourth-order valence-corrected chi connectivity index (χ4v) is 2.37. The number of rotatable bonds is 2. The van der Waals surface area contributed by atoms with Gasteiger partial charge in [0.2, 0.25) is 0 Å². The first-order chi connectivity index (χ1) is 9.28. The Labute approximate surface area is 116 Å². The van der Waals surface area contributed by atoms with E-state index in [2.05, 4.69) is 0 Å². The monoisotopic (exact) mass is 275 g/mol. The number of nitrogens with two attached hydrogens (primary N) is 1. The Morgan fingerprint density at radius 2 is 1.63 bits per heavy atom. The molecule has 0 radical (unpaired) electrons. The molecule has 2 aromatic rings. The molecule has 0 amide bonds. The summed E-state index contributed by atoms with van der Waals surface area (Å²) in [7, 11) is 0. The average molecular weight is 276 g/mol. The molecular weight excluding hydrogens is 262 g/mol. The maximum absolute atomic E-state index is 6.19. The number of hydrogen-bond donors (Lipinski definition) is 1. The van der Waals surface area contributed by atoms with Crippen molar-refractivity contribution in [2.45, 2.75) is 6.54 Å². The van der Waals surface area contributed by atoms with Gasteiger partial charge in [0, 0.05) is 11.6 Å². The Morgan fingerprint density at radius 3 is 2.37 bits per heavy atom. The van der Waals surface area contributed by atoms with Crippen molar-refractivity contribution in [3.05, 3.63) is 47.0 Å². The van der Waals surface area contributed by atoms with E-state index in [0.717, 1.165) is 28.2 Å². The molecule has 0 saturated carbocycles. The van der Waals surface area contributed by atoms with Gasteiger partial charge in [-0.25, -0.2) is 0 Å². The van der Waals surface area contributed by atoms with Gasteiger partial charge in [-0.05, 0) is 34.9 Å². The summed E-state index contributed by atoms with van der Waals surface area (Å²) in [6, 6.07) is 11.8. The van der Waals surface area contributed by atoms with E-state index in [0.29, 0.717) is 24.8 Å². The van der Waals surface area contributed by atoms with E-state index >= 15 is 0 Å². The van der Waals surface area contributed by atoms with Gasteiger partial charge in [0.25, 0.3) is 0 Å². The van der Waals surface area contributed by atoms with Gasteiger partial charge < -0.3 is 15.2 Å². The lowest BCUT2D eigenvalue weighted by Gasteiger charge is -2.19. The van der Waals surface area contributed by atoms with Crippen molar-refractivity contribution in [3.8, 4) is 22.6 Å². The van der Waals surface area contributed by atoms with Crippen molar-refractivity contribution in [1.29, 1.82) is 0 Å². The van der Waals surface area contributed by atoms with Gasteiger partial charge in [-0.3, -0.25) is 0 Å². The van der Waals surface area contributed by atoms with Crippen molar-refractivity contribution in [2.75, 3.05) is 13.2 Å². The smallest absolute Gasteiger partial charge is 0.161 e. The lowest BCUT2D eigenvalue weighted by molar-refractivity contribution is 0.171. The normalized spacial score (nSPS) is 13.4. The quantitative estimate of drug-likeness (QED) is 0.915. The molecule has 0 bridgehead atoms. The van der Waals surface area contributed by atoms with Crippen molar-refractivity contribution in [3.63, 3.8) is 0 Å². The Hall–Kier alpha value is -1.71. The molecule has 0 unspecified atom stereocenters. The largest absolute Gasteiger partial charge is 0.486 e. The fourth-order valence-electron chi connectivity index (χ4n) is 2.12. The van der Waals surface area contributed by atoms with Crippen LogP contribution < -0.4 is 15.2 Å². The second kappa shape index (κ2) is 5.11. The summed E-state index contributed by atoms with van der Waals surface area (Å²) in [6.45, 7) is 1.63. The molecule has 2 N–H and O–H groups in total. The van der Waals surface area contributed by atoms with Gasteiger partial charge in [0.05, 0.1) is 0 Å². The Kier molecular flexibility index (Phi) is 3.32. The van der Waals surface area contributed by atoms with Gasteiger partial charge in [0.15, 0.2) is 11.5 Å². The molecule has 1 heterocycles. The van der Waals surface area contributed by atoms with E-state index in [9.17, 15) is 0 Å².